The SMILES string of the molecule is COc1ccc(/C=C(\NC(=O)c2ccccc2)C(=O)Nc2ccc(SCC(=O)Nc3nc(-c4ccc(C)cc4)c(C)s3)cc2)c(OC)c1. The monoisotopic (exact) mass is 678 g/mol. The third-order valence-corrected chi connectivity index (χ3v) is 9.02. The predicted molar refractivity (Wildman–Crippen MR) is 193 cm³/mol. The average Bonchev–Trinajstić information content (AvgIpc) is 3.47. The van der Waals surface area contributed by atoms with Crippen molar-refractivity contribution in [1.29, 1.82) is 0 Å². The summed E-state index contributed by atoms with van der Waals surface area (Å²) in [4.78, 5) is 45.7. The Balaban J connectivity index is 1.23. The standard InChI is InChI=1S/C37H34N4O5S2/c1-23-10-12-25(13-11-23)34-24(2)48-37(41-34)40-33(42)22-47-30-18-15-28(16-19-30)38-36(44)31(39-35(43)26-8-6-5-7-9-26)20-27-14-17-29(45-3)21-32(27)46-4/h5-21H,22H2,1-4H3,(H,38,44)(H,39,43)(H,40,41,42)/b31-20-. The van der Waals surface area contributed by atoms with Crippen LogP contribution in [0.1, 0.15) is 26.4 Å². The van der Waals surface area contributed by atoms with Gasteiger partial charge in [-0.15, -0.1) is 23.1 Å². The van der Waals surface area contributed by atoms with Crippen molar-refractivity contribution in [2.75, 3.05) is 30.6 Å². The van der Waals surface area contributed by atoms with E-state index in [0.717, 1.165) is 21.0 Å². The second-order valence-electron chi connectivity index (χ2n) is 10.6. The average molecular weight is 679 g/mol. The lowest BCUT2D eigenvalue weighted by Gasteiger charge is -2.13. The van der Waals surface area contributed by atoms with E-state index >= 15 is 0 Å². The third kappa shape index (κ3) is 8.90. The third-order valence-electron chi connectivity index (χ3n) is 7.12. The molecule has 0 radical (unpaired) electrons. The topological polar surface area (TPSA) is 119 Å². The van der Waals surface area contributed by atoms with Crippen molar-refractivity contribution >= 4 is 57.7 Å². The minimum atomic E-state index is -0.527. The molecule has 0 fully saturated rings. The molecule has 3 N–H and O–H groups in total. The van der Waals surface area contributed by atoms with E-state index in [2.05, 4.69) is 20.9 Å². The molecule has 5 rings (SSSR count). The van der Waals surface area contributed by atoms with Crippen LogP contribution in [-0.2, 0) is 9.59 Å². The maximum atomic E-state index is 13.5. The first-order valence-electron chi connectivity index (χ1n) is 14.9. The molecule has 0 unspecified atom stereocenters. The lowest BCUT2D eigenvalue weighted by Crippen LogP contribution is -2.30. The summed E-state index contributed by atoms with van der Waals surface area (Å²) in [5.74, 6) is 0.112. The van der Waals surface area contributed by atoms with Crippen molar-refractivity contribution < 1.29 is 23.9 Å². The van der Waals surface area contributed by atoms with Crippen molar-refractivity contribution in [3.05, 3.63) is 124 Å². The molecule has 3 amide bonds. The Morgan fingerprint density at radius 1 is 0.854 bits per heavy atom. The number of amides is 3. The molecule has 0 saturated carbocycles. The number of benzene rings is 4. The van der Waals surface area contributed by atoms with Crippen molar-refractivity contribution in [3.8, 4) is 22.8 Å². The molecule has 0 spiro atoms. The number of carbonyl (C=O) groups is 3. The quantitative estimate of drug-likeness (QED) is 0.0920. The van der Waals surface area contributed by atoms with Crippen LogP contribution < -0.4 is 25.4 Å². The summed E-state index contributed by atoms with van der Waals surface area (Å²) in [6.45, 7) is 4.03. The van der Waals surface area contributed by atoms with Crippen LogP contribution in [0.2, 0.25) is 0 Å². The van der Waals surface area contributed by atoms with Gasteiger partial charge in [0, 0.05) is 38.2 Å². The summed E-state index contributed by atoms with van der Waals surface area (Å²) in [6.07, 6.45) is 1.55. The lowest BCUT2D eigenvalue weighted by atomic mass is 10.1. The second kappa shape index (κ2) is 15.9. The first-order valence-corrected chi connectivity index (χ1v) is 16.7. The van der Waals surface area contributed by atoms with Crippen LogP contribution in [0.4, 0.5) is 10.8 Å². The highest BCUT2D eigenvalue weighted by atomic mass is 32.2. The number of thiazole rings is 1. The summed E-state index contributed by atoms with van der Waals surface area (Å²) in [6, 6.07) is 29.0. The number of anilines is 2. The Bertz CT molecular complexity index is 1940. The smallest absolute Gasteiger partial charge is 0.272 e. The van der Waals surface area contributed by atoms with E-state index in [4.69, 9.17) is 9.47 Å². The Hall–Kier alpha value is -5.39. The van der Waals surface area contributed by atoms with Gasteiger partial charge in [-0.05, 0) is 68.5 Å². The summed E-state index contributed by atoms with van der Waals surface area (Å²) >= 11 is 2.81. The Morgan fingerprint density at radius 3 is 2.27 bits per heavy atom. The predicted octanol–water partition coefficient (Wildman–Crippen LogP) is 7.58. The molecule has 1 heterocycles. The highest BCUT2D eigenvalue weighted by Crippen LogP contribution is 2.31. The second-order valence-corrected chi connectivity index (χ2v) is 12.8. The van der Waals surface area contributed by atoms with Gasteiger partial charge < -0.3 is 25.4 Å². The van der Waals surface area contributed by atoms with Gasteiger partial charge in [-0.1, -0.05) is 48.0 Å². The maximum absolute atomic E-state index is 13.5. The highest BCUT2D eigenvalue weighted by molar-refractivity contribution is 8.00. The minimum absolute atomic E-state index is 0.0189. The van der Waals surface area contributed by atoms with Crippen LogP contribution in [0.15, 0.2) is 108 Å². The van der Waals surface area contributed by atoms with Gasteiger partial charge in [-0.3, -0.25) is 14.4 Å². The number of ether oxygens (including phenoxy) is 2. The number of nitrogens with zero attached hydrogens (tertiary/aromatic N) is 1. The fourth-order valence-electron chi connectivity index (χ4n) is 4.60. The van der Waals surface area contributed by atoms with Crippen LogP contribution in [0, 0.1) is 13.8 Å². The van der Waals surface area contributed by atoms with E-state index in [1.54, 1.807) is 73.8 Å². The first kappa shape index (κ1) is 34.0. The van der Waals surface area contributed by atoms with Crippen LogP contribution in [0.25, 0.3) is 17.3 Å². The molecule has 0 aliphatic rings. The normalized spacial score (nSPS) is 11.0. The van der Waals surface area contributed by atoms with E-state index in [1.807, 2.05) is 50.2 Å². The zero-order valence-corrected chi connectivity index (χ0v) is 28.5. The number of nitrogens with one attached hydrogen (secondary N) is 3. The van der Waals surface area contributed by atoms with Crippen LogP contribution in [0.3, 0.4) is 0 Å². The van der Waals surface area contributed by atoms with E-state index in [-0.39, 0.29) is 17.4 Å². The fraction of sp³-hybridized carbons (Fsp3) is 0.135. The number of aryl methyl sites for hydroxylation is 2. The Kier molecular flexibility index (Phi) is 11.3. The van der Waals surface area contributed by atoms with Crippen LogP contribution in [0.5, 0.6) is 11.5 Å². The van der Waals surface area contributed by atoms with Gasteiger partial charge in [-0.25, -0.2) is 4.98 Å². The fourth-order valence-corrected chi connectivity index (χ4v) is 6.15. The molecule has 11 heteroatoms. The van der Waals surface area contributed by atoms with Gasteiger partial charge in [-0.2, -0.15) is 0 Å². The number of hydrogen-bond donors (Lipinski definition) is 3. The van der Waals surface area contributed by atoms with Crippen molar-refractivity contribution in [2.45, 2.75) is 18.7 Å². The van der Waals surface area contributed by atoms with E-state index in [0.29, 0.717) is 33.4 Å². The van der Waals surface area contributed by atoms with Crippen molar-refractivity contribution in [3.63, 3.8) is 0 Å². The summed E-state index contributed by atoms with van der Waals surface area (Å²) in [5.41, 5.74) is 4.55. The molecule has 0 bridgehead atoms. The largest absolute Gasteiger partial charge is 0.497 e. The zero-order chi connectivity index (χ0) is 34.0. The number of aromatic nitrogens is 1. The van der Waals surface area contributed by atoms with Gasteiger partial charge in [0.1, 0.15) is 17.2 Å². The molecule has 0 aliphatic carbocycles. The van der Waals surface area contributed by atoms with Crippen LogP contribution in [-0.4, -0.2) is 42.7 Å². The van der Waals surface area contributed by atoms with E-state index in [9.17, 15) is 14.4 Å². The molecule has 0 atom stereocenters. The van der Waals surface area contributed by atoms with Gasteiger partial charge in [0.15, 0.2) is 5.13 Å². The first-order chi connectivity index (χ1) is 23.2. The summed E-state index contributed by atoms with van der Waals surface area (Å²) in [7, 11) is 3.06. The van der Waals surface area contributed by atoms with Crippen LogP contribution >= 0.6 is 23.1 Å². The van der Waals surface area contributed by atoms with E-state index in [1.165, 1.54) is 35.8 Å². The van der Waals surface area contributed by atoms with Gasteiger partial charge in [0.05, 0.1) is 25.7 Å². The molecule has 0 aliphatic heterocycles. The van der Waals surface area contributed by atoms with Crippen molar-refractivity contribution in [2.24, 2.45) is 0 Å². The molecule has 9 nitrogen and oxygen atoms in total. The number of carbonyl (C=O) groups excluding carboxylic acids is 3. The molecule has 48 heavy (non-hydrogen) atoms. The van der Waals surface area contributed by atoms with E-state index < -0.39 is 11.8 Å². The molecule has 244 valence electrons. The number of thioether (sulfide) groups is 1. The number of methoxy groups -OCH3 is 2. The highest BCUT2D eigenvalue weighted by Gasteiger charge is 2.17. The van der Waals surface area contributed by atoms with Gasteiger partial charge in [0.25, 0.3) is 11.8 Å². The molecule has 5 aromatic rings. The van der Waals surface area contributed by atoms with Gasteiger partial charge in [0.2, 0.25) is 5.91 Å². The van der Waals surface area contributed by atoms with Gasteiger partial charge >= 0.3 is 0 Å². The zero-order valence-electron chi connectivity index (χ0n) is 26.8. The Morgan fingerprint density at radius 2 is 1.58 bits per heavy atom. The molecular weight excluding hydrogens is 645 g/mol. The molecular formula is C37H34N4O5S2. The maximum Gasteiger partial charge on any atom is 0.272 e. The minimum Gasteiger partial charge on any atom is -0.497 e. The lowest BCUT2D eigenvalue weighted by molar-refractivity contribution is -0.114. The molecule has 1 aromatic heterocycles. The number of rotatable bonds is 12. The van der Waals surface area contributed by atoms with Crippen molar-refractivity contribution in [1.82, 2.24) is 10.3 Å². The summed E-state index contributed by atoms with van der Waals surface area (Å²) < 4.78 is 10.8. The molecule has 4 aromatic carbocycles. The Labute approximate surface area is 287 Å². The molecule has 0 saturated heterocycles. The number of hydrogen-bond acceptors (Lipinski definition) is 8. The summed E-state index contributed by atoms with van der Waals surface area (Å²) in [5, 5.41) is 9.04.